The van der Waals surface area contributed by atoms with Crippen LogP contribution in [0.1, 0.15) is 11.3 Å². The van der Waals surface area contributed by atoms with E-state index in [1.165, 1.54) is 4.68 Å². The number of hydrogen-bond donors (Lipinski definition) is 0. The summed E-state index contributed by atoms with van der Waals surface area (Å²) in [4.78, 5) is 0. The number of nitriles is 1. The van der Waals surface area contributed by atoms with Crippen molar-refractivity contribution >= 4 is 23.2 Å². The van der Waals surface area contributed by atoms with Crippen LogP contribution in [-0.4, -0.2) is 9.78 Å². The van der Waals surface area contributed by atoms with Crippen LogP contribution in [0.3, 0.4) is 0 Å². The molecule has 0 aliphatic carbocycles. The molecule has 4 nitrogen and oxygen atoms in total. The molecule has 0 atom stereocenters. The fraction of sp³-hybridized carbons (Fsp3) is 0.167. The second-order valence-electron chi connectivity index (χ2n) is 3.68. The van der Waals surface area contributed by atoms with Gasteiger partial charge in [0.15, 0.2) is 0 Å². The number of benzene rings is 1. The Kier molecular flexibility index (Phi) is 3.46. The minimum absolute atomic E-state index is 0.383. The summed E-state index contributed by atoms with van der Waals surface area (Å²) in [5, 5.41) is 14.0. The molecule has 0 fully saturated rings. The summed E-state index contributed by atoms with van der Waals surface area (Å²) in [6.07, 6.45) is 0. The van der Waals surface area contributed by atoms with Crippen molar-refractivity contribution in [2.75, 3.05) is 0 Å². The van der Waals surface area contributed by atoms with Gasteiger partial charge in [-0.25, -0.2) is 4.68 Å². The van der Waals surface area contributed by atoms with E-state index in [0.717, 1.165) is 0 Å². The molecule has 0 N–H and O–H groups in total. The Morgan fingerprint density at radius 3 is 2.67 bits per heavy atom. The predicted octanol–water partition coefficient (Wildman–Crippen LogP) is 3.70. The molecule has 0 bridgehead atoms. The smallest absolute Gasteiger partial charge is 0.235 e. The summed E-state index contributed by atoms with van der Waals surface area (Å²) < 4.78 is 7.13. The van der Waals surface area contributed by atoms with E-state index in [2.05, 4.69) is 11.2 Å². The van der Waals surface area contributed by atoms with Crippen molar-refractivity contribution in [3.05, 3.63) is 39.5 Å². The van der Waals surface area contributed by atoms with Gasteiger partial charge >= 0.3 is 0 Å². The Hall–Kier alpha value is -1.70. The van der Waals surface area contributed by atoms with Gasteiger partial charge in [0.05, 0.1) is 15.7 Å². The van der Waals surface area contributed by atoms with Gasteiger partial charge in [-0.3, -0.25) is 0 Å². The summed E-state index contributed by atoms with van der Waals surface area (Å²) >= 11 is 11.7. The van der Waals surface area contributed by atoms with Crippen molar-refractivity contribution in [2.24, 2.45) is 7.05 Å². The van der Waals surface area contributed by atoms with Gasteiger partial charge in [0, 0.05) is 13.1 Å². The third kappa shape index (κ3) is 2.28. The van der Waals surface area contributed by atoms with Crippen LogP contribution >= 0.6 is 23.2 Å². The lowest BCUT2D eigenvalue weighted by molar-refractivity contribution is 0.429. The maximum atomic E-state index is 9.06. The number of ether oxygens (including phenoxy) is 1. The summed E-state index contributed by atoms with van der Waals surface area (Å²) in [6.45, 7) is 1.75. The Balaban J connectivity index is 2.40. The predicted molar refractivity (Wildman–Crippen MR) is 69.2 cm³/mol. The lowest BCUT2D eigenvalue weighted by Crippen LogP contribution is -1.96. The topological polar surface area (TPSA) is 50.8 Å². The Morgan fingerprint density at radius 1 is 1.33 bits per heavy atom. The zero-order chi connectivity index (χ0) is 13.3. The van der Waals surface area contributed by atoms with Crippen LogP contribution in [0.25, 0.3) is 0 Å². The highest BCUT2D eigenvalue weighted by atomic mass is 35.5. The average molecular weight is 282 g/mol. The summed E-state index contributed by atoms with van der Waals surface area (Å²) in [7, 11) is 1.71. The molecule has 2 rings (SSSR count). The van der Waals surface area contributed by atoms with Gasteiger partial charge < -0.3 is 4.74 Å². The number of nitrogens with zero attached hydrogens (tertiary/aromatic N) is 3. The van der Waals surface area contributed by atoms with Gasteiger partial charge in [-0.2, -0.15) is 10.4 Å². The van der Waals surface area contributed by atoms with E-state index in [9.17, 15) is 0 Å². The van der Waals surface area contributed by atoms with E-state index >= 15 is 0 Å². The van der Waals surface area contributed by atoms with E-state index in [4.69, 9.17) is 33.2 Å². The minimum Gasteiger partial charge on any atom is -0.438 e. The van der Waals surface area contributed by atoms with Gasteiger partial charge in [0.25, 0.3) is 0 Å². The second-order valence-corrected chi connectivity index (χ2v) is 4.49. The van der Waals surface area contributed by atoms with Crippen molar-refractivity contribution in [3.8, 4) is 17.7 Å². The number of halogens is 2. The van der Waals surface area contributed by atoms with Crippen LogP contribution in [0.15, 0.2) is 18.2 Å². The van der Waals surface area contributed by atoms with E-state index in [1.807, 2.05) is 0 Å². The second kappa shape index (κ2) is 4.89. The van der Waals surface area contributed by atoms with Gasteiger partial charge in [0.1, 0.15) is 17.4 Å². The molecular formula is C12H9Cl2N3O. The van der Waals surface area contributed by atoms with Crippen LogP contribution in [0.5, 0.6) is 11.6 Å². The van der Waals surface area contributed by atoms with Gasteiger partial charge in [-0.05, 0) is 19.1 Å². The minimum atomic E-state index is 0.383. The molecule has 0 aliphatic rings. The number of aryl methyl sites for hydroxylation is 2. The van der Waals surface area contributed by atoms with E-state index in [0.29, 0.717) is 32.9 Å². The molecule has 2 aromatic rings. The van der Waals surface area contributed by atoms with Crippen molar-refractivity contribution in [2.45, 2.75) is 6.92 Å². The zero-order valence-electron chi connectivity index (χ0n) is 9.74. The largest absolute Gasteiger partial charge is 0.438 e. The van der Waals surface area contributed by atoms with E-state index in [1.54, 1.807) is 32.2 Å². The number of aromatic nitrogens is 2. The van der Waals surface area contributed by atoms with Crippen LogP contribution in [-0.2, 0) is 7.05 Å². The highest BCUT2D eigenvalue weighted by Crippen LogP contribution is 2.31. The normalized spacial score (nSPS) is 10.2. The first-order valence-electron chi connectivity index (χ1n) is 5.09. The Labute approximate surface area is 114 Å². The fourth-order valence-corrected chi connectivity index (χ4v) is 1.82. The molecule has 1 heterocycles. The molecule has 0 amide bonds. The lowest BCUT2D eigenvalue weighted by Gasteiger charge is -2.06. The molecule has 1 aromatic heterocycles. The molecule has 6 heteroatoms. The summed E-state index contributed by atoms with van der Waals surface area (Å²) in [5.74, 6) is 0.886. The van der Waals surface area contributed by atoms with Gasteiger partial charge in [-0.1, -0.05) is 23.2 Å². The van der Waals surface area contributed by atoms with Gasteiger partial charge in [0.2, 0.25) is 5.88 Å². The molecule has 1 aromatic carbocycles. The molecule has 0 saturated heterocycles. The van der Waals surface area contributed by atoms with E-state index < -0.39 is 0 Å². The highest BCUT2D eigenvalue weighted by molar-refractivity contribution is 6.42. The van der Waals surface area contributed by atoms with Crippen LogP contribution < -0.4 is 4.74 Å². The van der Waals surface area contributed by atoms with Crippen LogP contribution in [0.2, 0.25) is 10.0 Å². The lowest BCUT2D eigenvalue weighted by atomic mass is 10.3. The third-order valence-corrected chi connectivity index (χ3v) is 3.13. The molecule has 92 valence electrons. The van der Waals surface area contributed by atoms with Crippen molar-refractivity contribution in [1.82, 2.24) is 9.78 Å². The zero-order valence-corrected chi connectivity index (χ0v) is 11.2. The first-order chi connectivity index (χ1) is 8.52. The first kappa shape index (κ1) is 12.7. The number of hydrogen-bond acceptors (Lipinski definition) is 3. The fourth-order valence-electron chi connectivity index (χ4n) is 1.53. The standard InChI is InChI=1S/C12H9Cl2N3O/c1-7-9(6-15)12(17(2)16-7)18-8-3-4-10(13)11(14)5-8/h3-5H,1-2H3. The number of rotatable bonds is 2. The van der Waals surface area contributed by atoms with Crippen LogP contribution in [0, 0.1) is 18.3 Å². The Morgan fingerprint density at radius 2 is 2.06 bits per heavy atom. The maximum Gasteiger partial charge on any atom is 0.235 e. The van der Waals surface area contributed by atoms with Gasteiger partial charge in [-0.15, -0.1) is 0 Å². The average Bonchev–Trinajstić information content (AvgIpc) is 2.58. The molecule has 0 aliphatic heterocycles. The first-order valence-corrected chi connectivity index (χ1v) is 5.85. The summed E-state index contributed by atoms with van der Waals surface area (Å²) in [5.41, 5.74) is 1.03. The quantitative estimate of drug-likeness (QED) is 0.843. The Bertz CT molecular complexity index is 644. The molecule has 0 spiro atoms. The molecule has 0 radical (unpaired) electrons. The molecular weight excluding hydrogens is 273 g/mol. The van der Waals surface area contributed by atoms with Crippen LogP contribution in [0.4, 0.5) is 0 Å². The van der Waals surface area contributed by atoms with Crippen molar-refractivity contribution < 1.29 is 4.74 Å². The molecule has 0 unspecified atom stereocenters. The van der Waals surface area contributed by atoms with Crippen molar-refractivity contribution in [1.29, 1.82) is 5.26 Å². The molecule has 18 heavy (non-hydrogen) atoms. The van der Waals surface area contributed by atoms with E-state index in [-0.39, 0.29) is 0 Å². The monoisotopic (exact) mass is 281 g/mol. The van der Waals surface area contributed by atoms with Crippen molar-refractivity contribution in [3.63, 3.8) is 0 Å². The summed E-state index contributed by atoms with van der Waals surface area (Å²) in [6, 6.07) is 6.97. The molecule has 0 saturated carbocycles. The SMILES string of the molecule is Cc1nn(C)c(Oc2ccc(Cl)c(Cl)c2)c1C#N. The third-order valence-electron chi connectivity index (χ3n) is 2.39. The highest BCUT2D eigenvalue weighted by Gasteiger charge is 2.15. The maximum absolute atomic E-state index is 9.06.